The third kappa shape index (κ3) is 4.16. The smallest absolute Gasteiger partial charge is 0.00264 e. The van der Waals surface area contributed by atoms with E-state index in [0.29, 0.717) is 0 Å². The molecule has 0 spiro atoms. The zero-order valence-corrected chi connectivity index (χ0v) is 26.6. The van der Waals surface area contributed by atoms with E-state index in [1.165, 1.54) is 98.4 Å². The highest BCUT2D eigenvalue weighted by atomic mass is 14.3. The molecular weight excluding hydrogens is 577 g/mol. The van der Waals surface area contributed by atoms with Gasteiger partial charge >= 0.3 is 0 Å². The first-order valence-corrected chi connectivity index (χ1v) is 17.0. The first-order valence-electron chi connectivity index (χ1n) is 17.0. The summed E-state index contributed by atoms with van der Waals surface area (Å²) in [5, 5.41) is 13.0. The molecule has 0 aliphatic heterocycles. The van der Waals surface area contributed by atoms with Crippen LogP contribution in [0.15, 0.2) is 164 Å². The van der Waals surface area contributed by atoms with E-state index in [-0.39, 0.29) is 0 Å². The maximum absolute atomic E-state index is 2.46. The van der Waals surface area contributed by atoms with Crippen molar-refractivity contribution in [2.45, 2.75) is 12.8 Å². The van der Waals surface area contributed by atoms with Gasteiger partial charge in [-0.1, -0.05) is 152 Å². The quantitative estimate of drug-likeness (QED) is 0.175. The van der Waals surface area contributed by atoms with Crippen LogP contribution in [0, 0.1) is 0 Å². The van der Waals surface area contributed by atoms with Gasteiger partial charge in [-0.2, -0.15) is 0 Å². The summed E-state index contributed by atoms with van der Waals surface area (Å²) in [6.45, 7) is 0. The molecule has 48 heavy (non-hydrogen) atoms. The highest BCUT2D eigenvalue weighted by molar-refractivity contribution is 6.25. The summed E-state index contributed by atoms with van der Waals surface area (Å²) < 4.78 is 0. The fourth-order valence-corrected chi connectivity index (χ4v) is 8.31. The second kappa shape index (κ2) is 10.8. The minimum absolute atomic E-state index is 1.02. The highest BCUT2D eigenvalue weighted by Crippen LogP contribution is 2.48. The Hall–Kier alpha value is -5.98. The van der Waals surface area contributed by atoms with Crippen LogP contribution in [0.2, 0.25) is 0 Å². The van der Waals surface area contributed by atoms with Crippen molar-refractivity contribution in [2.24, 2.45) is 0 Å². The van der Waals surface area contributed by atoms with Crippen LogP contribution in [-0.4, -0.2) is 0 Å². The fraction of sp³-hybridized carbons (Fsp3) is 0.0417. The molecule has 0 saturated heterocycles. The van der Waals surface area contributed by atoms with Crippen molar-refractivity contribution in [1.29, 1.82) is 0 Å². The molecule has 0 heterocycles. The van der Waals surface area contributed by atoms with Crippen molar-refractivity contribution >= 4 is 59.9 Å². The third-order valence-corrected chi connectivity index (χ3v) is 10.5. The van der Waals surface area contributed by atoms with Gasteiger partial charge < -0.3 is 0 Å². The lowest BCUT2D eigenvalue weighted by Gasteiger charge is -2.25. The molecule has 10 rings (SSSR count). The van der Waals surface area contributed by atoms with E-state index in [1.54, 1.807) is 0 Å². The predicted molar refractivity (Wildman–Crippen MR) is 208 cm³/mol. The van der Waals surface area contributed by atoms with Crippen molar-refractivity contribution in [1.82, 2.24) is 0 Å². The van der Waals surface area contributed by atoms with Gasteiger partial charge in [0.05, 0.1) is 0 Å². The molecule has 1 aliphatic rings. The summed E-state index contributed by atoms with van der Waals surface area (Å²) in [6.07, 6.45) is 6.82. The average molecular weight is 609 g/mol. The molecule has 9 aromatic carbocycles. The summed E-state index contributed by atoms with van der Waals surface area (Å²) in [5.74, 6) is 0. The Morgan fingerprint density at radius 1 is 0.375 bits per heavy atom. The number of fused-ring (bicyclic) bond motifs is 8. The minimum Gasteiger partial charge on any atom is -0.0836 e. The molecule has 0 heteroatoms. The first-order chi connectivity index (χ1) is 23.8. The molecular formula is C48H32. The number of hydrogen-bond acceptors (Lipinski definition) is 0. The summed E-state index contributed by atoms with van der Waals surface area (Å²) >= 11 is 0. The average Bonchev–Trinajstić information content (AvgIpc) is 3.16. The molecule has 0 bridgehead atoms. The Balaban J connectivity index is 1.26. The maximum atomic E-state index is 2.46. The van der Waals surface area contributed by atoms with Crippen LogP contribution in [0.25, 0.3) is 93.3 Å². The molecule has 0 saturated carbocycles. The third-order valence-electron chi connectivity index (χ3n) is 10.5. The molecule has 9 aromatic rings. The molecule has 0 unspecified atom stereocenters. The summed E-state index contributed by atoms with van der Waals surface area (Å²) in [6, 6.07) is 58.6. The van der Waals surface area contributed by atoms with E-state index in [1.807, 2.05) is 0 Å². The molecule has 0 nitrogen and oxygen atoms in total. The van der Waals surface area contributed by atoms with Gasteiger partial charge in [0, 0.05) is 0 Å². The van der Waals surface area contributed by atoms with E-state index in [2.05, 4.69) is 170 Å². The lowest BCUT2D eigenvalue weighted by Crippen LogP contribution is -2.03. The fourth-order valence-electron chi connectivity index (χ4n) is 8.31. The molecule has 0 radical (unpaired) electrons. The Labute approximate surface area is 280 Å². The number of allylic oxidation sites excluding steroid dienone is 1. The van der Waals surface area contributed by atoms with Crippen molar-refractivity contribution < 1.29 is 0 Å². The SMILES string of the molecule is C1=Cc2c(c(-c3cc4ccc5ccccc5c4c4ccccc34)c3ccccc3c2-c2cccc(-c3ccc4ccccc4c3)c2)CC1. The number of benzene rings is 9. The van der Waals surface area contributed by atoms with Gasteiger partial charge in [0.25, 0.3) is 0 Å². The van der Waals surface area contributed by atoms with Crippen molar-refractivity contribution in [2.75, 3.05) is 0 Å². The van der Waals surface area contributed by atoms with Gasteiger partial charge in [0.2, 0.25) is 0 Å². The topological polar surface area (TPSA) is 0 Å². The second-order valence-corrected chi connectivity index (χ2v) is 13.1. The summed E-state index contributed by atoms with van der Waals surface area (Å²) in [7, 11) is 0. The summed E-state index contributed by atoms with van der Waals surface area (Å²) in [4.78, 5) is 0. The van der Waals surface area contributed by atoms with Crippen molar-refractivity contribution in [3.63, 3.8) is 0 Å². The van der Waals surface area contributed by atoms with Gasteiger partial charge in [-0.15, -0.1) is 0 Å². The van der Waals surface area contributed by atoms with E-state index >= 15 is 0 Å². The van der Waals surface area contributed by atoms with Crippen LogP contribution in [0.5, 0.6) is 0 Å². The molecule has 0 atom stereocenters. The normalized spacial score (nSPS) is 12.8. The zero-order chi connectivity index (χ0) is 31.6. The van der Waals surface area contributed by atoms with Gasteiger partial charge in [0.1, 0.15) is 0 Å². The van der Waals surface area contributed by atoms with Crippen LogP contribution in [0.1, 0.15) is 17.5 Å². The molecule has 1 aliphatic carbocycles. The lowest BCUT2D eigenvalue weighted by molar-refractivity contribution is 0.992. The van der Waals surface area contributed by atoms with E-state index in [0.717, 1.165) is 12.8 Å². The Morgan fingerprint density at radius 2 is 1.00 bits per heavy atom. The minimum atomic E-state index is 1.02. The predicted octanol–water partition coefficient (Wildman–Crippen LogP) is 13.4. The highest BCUT2D eigenvalue weighted by Gasteiger charge is 2.23. The monoisotopic (exact) mass is 608 g/mol. The molecule has 0 fully saturated rings. The second-order valence-electron chi connectivity index (χ2n) is 13.1. The summed E-state index contributed by atoms with van der Waals surface area (Å²) in [5.41, 5.74) is 10.6. The van der Waals surface area contributed by atoms with Crippen molar-refractivity contribution in [3.05, 3.63) is 175 Å². The van der Waals surface area contributed by atoms with E-state index < -0.39 is 0 Å². The van der Waals surface area contributed by atoms with E-state index in [9.17, 15) is 0 Å². The lowest BCUT2D eigenvalue weighted by atomic mass is 9.78. The standard InChI is InChI=1S/C48H32/c1-2-14-33-28-35(26-24-31(33)12-1)34-15-11-16-36(29-34)47-41-20-7-9-22-43(41)48(44-23-10-8-21-42(44)47)45-30-37-27-25-32-13-3-4-17-38(32)46(37)40-19-6-5-18-39(40)45/h1-9,11-22,24-30H,10,23H2. The zero-order valence-electron chi connectivity index (χ0n) is 26.6. The molecule has 224 valence electrons. The van der Waals surface area contributed by atoms with Crippen LogP contribution < -0.4 is 0 Å². The van der Waals surface area contributed by atoms with Crippen molar-refractivity contribution in [3.8, 4) is 33.4 Å². The van der Waals surface area contributed by atoms with Crippen LogP contribution in [0.4, 0.5) is 0 Å². The Morgan fingerprint density at radius 3 is 1.85 bits per heavy atom. The van der Waals surface area contributed by atoms with Crippen LogP contribution in [0.3, 0.4) is 0 Å². The number of hydrogen-bond donors (Lipinski definition) is 0. The van der Waals surface area contributed by atoms with Crippen LogP contribution in [-0.2, 0) is 6.42 Å². The van der Waals surface area contributed by atoms with Gasteiger partial charge in [-0.05, 0) is 129 Å². The van der Waals surface area contributed by atoms with E-state index in [4.69, 9.17) is 0 Å². The Kier molecular flexibility index (Phi) is 6.11. The largest absolute Gasteiger partial charge is 0.0836 e. The molecule has 0 aromatic heterocycles. The van der Waals surface area contributed by atoms with Gasteiger partial charge in [-0.25, -0.2) is 0 Å². The molecule has 0 N–H and O–H groups in total. The van der Waals surface area contributed by atoms with Gasteiger partial charge in [-0.3, -0.25) is 0 Å². The Bertz CT molecular complexity index is 2780. The number of rotatable bonds is 3. The maximum Gasteiger partial charge on any atom is -0.00264 e. The van der Waals surface area contributed by atoms with Gasteiger partial charge in [0.15, 0.2) is 0 Å². The molecule has 0 amide bonds. The first kappa shape index (κ1) is 27.2. The van der Waals surface area contributed by atoms with Crippen LogP contribution >= 0.6 is 0 Å².